The predicted molar refractivity (Wildman–Crippen MR) is 85.0 cm³/mol. The van der Waals surface area contributed by atoms with Crippen LogP contribution in [0.4, 0.5) is 0 Å². The SMILES string of the molecule is COc1ccc(CCn2c(C(C)(C)C)c[nH]c2=S)cc1. The molecule has 0 saturated heterocycles. The van der Waals surface area contributed by atoms with Gasteiger partial charge in [-0.3, -0.25) is 0 Å². The fourth-order valence-electron chi connectivity index (χ4n) is 2.27. The Hall–Kier alpha value is -1.55. The molecule has 0 saturated carbocycles. The van der Waals surface area contributed by atoms with Crippen LogP contribution in [0.25, 0.3) is 0 Å². The van der Waals surface area contributed by atoms with E-state index in [1.165, 1.54) is 11.3 Å². The fraction of sp³-hybridized carbons (Fsp3) is 0.438. The van der Waals surface area contributed by atoms with Crippen LogP contribution in [0.15, 0.2) is 30.5 Å². The number of imidazole rings is 1. The molecule has 4 heteroatoms. The Balaban J connectivity index is 2.14. The number of benzene rings is 1. The summed E-state index contributed by atoms with van der Waals surface area (Å²) >= 11 is 5.38. The first-order chi connectivity index (χ1) is 9.41. The summed E-state index contributed by atoms with van der Waals surface area (Å²) in [7, 11) is 1.68. The molecule has 1 N–H and O–H groups in total. The topological polar surface area (TPSA) is 29.9 Å². The minimum Gasteiger partial charge on any atom is -0.497 e. The number of nitrogens with one attached hydrogen (secondary N) is 1. The van der Waals surface area contributed by atoms with Gasteiger partial charge in [-0.1, -0.05) is 32.9 Å². The summed E-state index contributed by atoms with van der Waals surface area (Å²) in [5.74, 6) is 0.891. The molecular formula is C16H22N2OS. The Labute approximate surface area is 125 Å². The van der Waals surface area contributed by atoms with Crippen molar-refractivity contribution in [1.82, 2.24) is 9.55 Å². The summed E-state index contributed by atoms with van der Waals surface area (Å²) in [5.41, 5.74) is 2.62. The molecule has 0 atom stereocenters. The lowest BCUT2D eigenvalue weighted by molar-refractivity contribution is 0.414. The van der Waals surface area contributed by atoms with Gasteiger partial charge in [0.2, 0.25) is 0 Å². The Kier molecular flexibility index (Phi) is 4.33. The summed E-state index contributed by atoms with van der Waals surface area (Å²) < 4.78 is 8.16. The molecule has 20 heavy (non-hydrogen) atoms. The van der Waals surface area contributed by atoms with Crippen molar-refractivity contribution in [2.75, 3.05) is 7.11 Å². The summed E-state index contributed by atoms with van der Waals surface area (Å²) in [5, 5.41) is 0. The van der Waals surface area contributed by atoms with Gasteiger partial charge in [-0.15, -0.1) is 0 Å². The molecule has 108 valence electrons. The number of nitrogens with zero attached hydrogens (tertiary/aromatic N) is 1. The van der Waals surface area contributed by atoms with E-state index >= 15 is 0 Å². The van der Waals surface area contributed by atoms with Gasteiger partial charge in [0.25, 0.3) is 0 Å². The number of aryl methyl sites for hydroxylation is 1. The molecule has 1 aromatic carbocycles. The molecule has 0 unspecified atom stereocenters. The molecule has 0 aliphatic carbocycles. The number of rotatable bonds is 4. The Morgan fingerprint density at radius 3 is 2.40 bits per heavy atom. The second kappa shape index (κ2) is 5.83. The molecule has 2 rings (SSSR count). The van der Waals surface area contributed by atoms with Crippen LogP contribution in [0, 0.1) is 4.77 Å². The van der Waals surface area contributed by atoms with Crippen LogP contribution in [-0.4, -0.2) is 16.7 Å². The molecule has 0 spiro atoms. The van der Waals surface area contributed by atoms with Gasteiger partial charge in [0.05, 0.1) is 7.11 Å². The van der Waals surface area contributed by atoms with E-state index in [9.17, 15) is 0 Å². The molecule has 0 bridgehead atoms. The molecule has 0 amide bonds. The normalized spacial score (nSPS) is 11.6. The van der Waals surface area contributed by atoms with Crippen molar-refractivity contribution in [2.24, 2.45) is 0 Å². The number of aromatic nitrogens is 2. The zero-order valence-electron chi connectivity index (χ0n) is 12.6. The van der Waals surface area contributed by atoms with Crippen molar-refractivity contribution < 1.29 is 4.74 Å². The first-order valence-corrected chi connectivity index (χ1v) is 7.24. The van der Waals surface area contributed by atoms with Crippen LogP contribution in [0.5, 0.6) is 5.75 Å². The number of hydrogen-bond acceptors (Lipinski definition) is 2. The van der Waals surface area contributed by atoms with Gasteiger partial charge in [-0.05, 0) is 36.3 Å². The Morgan fingerprint density at radius 2 is 1.85 bits per heavy atom. The summed E-state index contributed by atoms with van der Waals surface area (Å²) in [6.45, 7) is 7.50. The lowest BCUT2D eigenvalue weighted by atomic mass is 9.92. The monoisotopic (exact) mass is 290 g/mol. The average Bonchev–Trinajstić information content (AvgIpc) is 2.78. The van der Waals surface area contributed by atoms with Gasteiger partial charge in [0, 0.05) is 23.9 Å². The maximum atomic E-state index is 5.38. The number of aromatic amines is 1. The molecule has 0 fully saturated rings. The van der Waals surface area contributed by atoms with Crippen molar-refractivity contribution in [3.05, 3.63) is 46.5 Å². The number of ether oxygens (including phenoxy) is 1. The van der Waals surface area contributed by atoms with Crippen LogP contribution in [0.2, 0.25) is 0 Å². The number of hydrogen-bond donors (Lipinski definition) is 1. The van der Waals surface area contributed by atoms with Crippen LogP contribution >= 0.6 is 12.2 Å². The highest BCUT2D eigenvalue weighted by Crippen LogP contribution is 2.22. The number of H-pyrrole nitrogens is 1. The first-order valence-electron chi connectivity index (χ1n) is 6.83. The zero-order chi connectivity index (χ0) is 14.8. The van der Waals surface area contributed by atoms with Crippen LogP contribution in [-0.2, 0) is 18.4 Å². The fourth-order valence-corrected chi connectivity index (χ4v) is 2.52. The van der Waals surface area contributed by atoms with Gasteiger partial charge in [0.15, 0.2) is 4.77 Å². The third kappa shape index (κ3) is 3.31. The summed E-state index contributed by atoms with van der Waals surface area (Å²) in [6, 6.07) is 8.20. The second-order valence-electron chi connectivity index (χ2n) is 5.98. The van der Waals surface area contributed by atoms with Crippen molar-refractivity contribution in [1.29, 1.82) is 0 Å². The van der Waals surface area contributed by atoms with E-state index in [4.69, 9.17) is 17.0 Å². The molecule has 1 heterocycles. The number of methoxy groups -OCH3 is 1. The third-order valence-corrected chi connectivity index (χ3v) is 3.76. The first kappa shape index (κ1) is 14.9. The molecule has 3 nitrogen and oxygen atoms in total. The molecule has 2 aromatic rings. The van der Waals surface area contributed by atoms with Crippen molar-refractivity contribution >= 4 is 12.2 Å². The minimum atomic E-state index is 0.0907. The maximum Gasteiger partial charge on any atom is 0.177 e. The molecule has 0 radical (unpaired) electrons. The van der Waals surface area contributed by atoms with E-state index in [0.717, 1.165) is 23.5 Å². The smallest absolute Gasteiger partial charge is 0.177 e. The molecule has 1 aromatic heterocycles. The molecule has 0 aliphatic heterocycles. The van der Waals surface area contributed by atoms with Crippen LogP contribution in [0.3, 0.4) is 0 Å². The van der Waals surface area contributed by atoms with E-state index in [1.54, 1.807) is 7.11 Å². The highest BCUT2D eigenvalue weighted by Gasteiger charge is 2.18. The van der Waals surface area contributed by atoms with Gasteiger partial charge in [-0.2, -0.15) is 0 Å². The molecular weight excluding hydrogens is 268 g/mol. The van der Waals surface area contributed by atoms with Gasteiger partial charge >= 0.3 is 0 Å². The van der Waals surface area contributed by atoms with Gasteiger partial charge < -0.3 is 14.3 Å². The van der Waals surface area contributed by atoms with Crippen molar-refractivity contribution in [3.63, 3.8) is 0 Å². The Bertz CT molecular complexity index is 617. The third-order valence-electron chi connectivity index (χ3n) is 3.42. The highest BCUT2D eigenvalue weighted by atomic mass is 32.1. The lowest BCUT2D eigenvalue weighted by Gasteiger charge is -2.20. The van der Waals surface area contributed by atoms with E-state index in [1.807, 2.05) is 18.3 Å². The molecule has 0 aliphatic rings. The largest absolute Gasteiger partial charge is 0.497 e. The quantitative estimate of drug-likeness (QED) is 0.859. The Morgan fingerprint density at radius 1 is 1.20 bits per heavy atom. The van der Waals surface area contributed by atoms with Crippen molar-refractivity contribution in [3.8, 4) is 5.75 Å². The lowest BCUT2D eigenvalue weighted by Crippen LogP contribution is -2.18. The van der Waals surface area contributed by atoms with Crippen LogP contribution in [0.1, 0.15) is 32.0 Å². The highest BCUT2D eigenvalue weighted by molar-refractivity contribution is 7.71. The summed E-state index contributed by atoms with van der Waals surface area (Å²) in [6.07, 6.45) is 2.98. The second-order valence-corrected chi connectivity index (χ2v) is 6.37. The predicted octanol–water partition coefficient (Wildman–Crippen LogP) is 4.09. The van der Waals surface area contributed by atoms with Crippen LogP contribution < -0.4 is 4.74 Å². The summed E-state index contributed by atoms with van der Waals surface area (Å²) in [4.78, 5) is 3.16. The van der Waals surface area contributed by atoms with Crippen molar-refractivity contribution in [2.45, 2.75) is 39.2 Å². The van der Waals surface area contributed by atoms with E-state index in [-0.39, 0.29) is 5.41 Å². The van der Waals surface area contributed by atoms with E-state index in [2.05, 4.69) is 42.5 Å². The van der Waals surface area contributed by atoms with E-state index in [0.29, 0.717) is 0 Å². The standard InChI is InChI=1S/C16H22N2OS/c1-16(2,3)14-11-17-15(20)18(14)10-9-12-5-7-13(19-4)8-6-12/h5-8,11H,9-10H2,1-4H3,(H,17,20). The van der Waals surface area contributed by atoms with Gasteiger partial charge in [-0.25, -0.2) is 0 Å². The minimum absolute atomic E-state index is 0.0907. The van der Waals surface area contributed by atoms with E-state index < -0.39 is 0 Å². The van der Waals surface area contributed by atoms with Gasteiger partial charge in [0.1, 0.15) is 5.75 Å². The maximum absolute atomic E-state index is 5.38. The zero-order valence-corrected chi connectivity index (χ0v) is 13.4. The average molecular weight is 290 g/mol.